The molecule has 0 bridgehead atoms. The summed E-state index contributed by atoms with van der Waals surface area (Å²) in [6.45, 7) is 2.84. The van der Waals surface area contributed by atoms with Crippen LogP contribution in [0.25, 0.3) is 0 Å². The predicted molar refractivity (Wildman–Crippen MR) is 64.0 cm³/mol. The number of carbonyl (C=O) groups is 1. The van der Waals surface area contributed by atoms with Gasteiger partial charge in [-0.3, -0.25) is 4.79 Å². The molecule has 1 unspecified atom stereocenters. The summed E-state index contributed by atoms with van der Waals surface area (Å²) >= 11 is 0. The van der Waals surface area contributed by atoms with Crippen molar-refractivity contribution in [2.45, 2.75) is 44.8 Å². The average Bonchev–Trinajstić information content (AvgIpc) is 2.22. The summed E-state index contributed by atoms with van der Waals surface area (Å²) in [5.41, 5.74) is 5.72. The van der Waals surface area contributed by atoms with Crippen molar-refractivity contribution in [1.29, 1.82) is 0 Å². The van der Waals surface area contributed by atoms with Gasteiger partial charge in [-0.2, -0.15) is 0 Å². The number of hydrogen-bond acceptors (Lipinski definition) is 3. The molecule has 0 spiro atoms. The van der Waals surface area contributed by atoms with E-state index in [1.165, 1.54) is 0 Å². The Bertz CT molecular complexity index is 227. The Morgan fingerprint density at radius 3 is 2.69 bits per heavy atom. The molecule has 0 heterocycles. The Labute approximate surface area is 98.1 Å². The number of hydrogen-bond donors (Lipinski definition) is 1. The minimum Gasteiger partial charge on any atom is -0.382 e. The molecule has 94 valence electrons. The summed E-state index contributed by atoms with van der Waals surface area (Å²) in [4.78, 5) is 13.6. The molecular formula is C12H24N2O2. The van der Waals surface area contributed by atoms with Gasteiger partial charge in [0.05, 0.1) is 6.10 Å². The van der Waals surface area contributed by atoms with Crippen LogP contribution in [0.15, 0.2) is 0 Å². The van der Waals surface area contributed by atoms with Crippen LogP contribution >= 0.6 is 0 Å². The van der Waals surface area contributed by atoms with Crippen molar-refractivity contribution in [3.63, 3.8) is 0 Å². The number of nitrogens with two attached hydrogens (primary N) is 1. The molecule has 1 fully saturated rings. The lowest BCUT2D eigenvalue weighted by molar-refractivity contribution is -0.131. The Balaban J connectivity index is 2.15. The molecule has 1 rings (SSSR count). The fourth-order valence-corrected chi connectivity index (χ4v) is 2.06. The maximum Gasteiger partial charge on any atom is 0.222 e. The van der Waals surface area contributed by atoms with Crippen molar-refractivity contribution < 1.29 is 9.53 Å². The third-order valence-corrected chi connectivity index (χ3v) is 3.40. The summed E-state index contributed by atoms with van der Waals surface area (Å²) in [5.74, 6) is 0.827. The minimum absolute atomic E-state index is 0.162. The second kappa shape index (κ2) is 6.21. The van der Waals surface area contributed by atoms with Gasteiger partial charge in [-0.05, 0) is 32.1 Å². The van der Waals surface area contributed by atoms with Gasteiger partial charge < -0.3 is 15.4 Å². The third kappa shape index (κ3) is 4.10. The van der Waals surface area contributed by atoms with Crippen LogP contribution in [-0.2, 0) is 9.53 Å². The highest BCUT2D eigenvalue weighted by Crippen LogP contribution is 2.26. The Kier molecular flexibility index (Phi) is 5.22. The molecular weight excluding hydrogens is 204 g/mol. The van der Waals surface area contributed by atoms with E-state index in [0.717, 1.165) is 25.8 Å². The first-order chi connectivity index (χ1) is 7.52. The number of rotatable bonds is 6. The van der Waals surface area contributed by atoms with Gasteiger partial charge in [-0.25, -0.2) is 0 Å². The van der Waals surface area contributed by atoms with Gasteiger partial charge in [0, 0.05) is 33.2 Å². The van der Waals surface area contributed by atoms with Gasteiger partial charge in [0.2, 0.25) is 5.91 Å². The summed E-state index contributed by atoms with van der Waals surface area (Å²) < 4.78 is 5.12. The number of carbonyl (C=O) groups excluding carboxylic acids is 1. The summed E-state index contributed by atoms with van der Waals surface area (Å²) in [6, 6.07) is 0.363. The van der Waals surface area contributed by atoms with Crippen molar-refractivity contribution in [2.24, 2.45) is 11.7 Å². The Morgan fingerprint density at radius 1 is 1.56 bits per heavy atom. The van der Waals surface area contributed by atoms with E-state index in [4.69, 9.17) is 10.5 Å². The lowest BCUT2D eigenvalue weighted by Crippen LogP contribution is -2.43. The Hall–Kier alpha value is -0.610. The fraction of sp³-hybridized carbons (Fsp3) is 0.917. The molecule has 1 saturated carbocycles. The van der Waals surface area contributed by atoms with Crippen molar-refractivity contribution in [3.05, 3.63) is 0 Å². The lowest BCUT2D eigenvalue weighted by Gasteiger charge is -2.35. The first-order valence-corrected chi connectivity index (χ1v) is 6.05. The van der Waals surface area contributed by atoms with Crippen LogP contribution in [-0.4, -0.2) is 43.7 Å². The quantitative estimate of drug-likeness (QED) is 0.738. The molecule has 4 nitrogen and oxygen atoms in total. The van der Waals surface area contributed by atoms with Crippen LogP contribution in [0, 0.1) is 5.92 Å². The minimum atomic E-state index is 0.162. The van der Waals surface area contributed by atoms with Crippen LogP contribution in [0.3, 0.4) is 0 Å². The van der Waals surface area contributed by atoms with E-state index in [-0.39, 0.29) is 12.0 Å². The first kappa shape index (κ1) is 13.5. The van der Waals surface area contributed by atoms with Gasteiger partial charge in [0.25, 0.3) is 0 Å². The number of nitrogens with zero attached hydrogens (tertiary/aromatic N) is 1. The van der Waals surface area contributed by atoms with E-state index < -0.39 is 0 Å². The maximum atomic E-state index is 11.8. The molecule has 16 heavy (non-hydrogen) atoms. The van der Waals surface area contributed by atoms with Crippen molar-refractivity contribution >= 4 is 5.91 Å². The van der Waals surface area contributed by atoms with E-state index in [9.17, 15) is 4.79 Å². The van der Waals surface area contributed by atoms with Crippen LogP contribution in [0.5, 0.6) is 0 Å². The molecule has 4 heteroatoms. The molecule has 0 aliphatic heterocycles. The highest BCUT2D eigenvalue weighted by Gasteiger charge is 2.27. The van der Waals surface area contributed by atoms with Gasteiger partial charge in [-0.1, -0.05) is 0 Å². The van der Waals surface area contributed by atoms with Gasteiger partial charge in [0.1, 0.15) is 0 Å². The predicted octanol–water partition coefficient (Wildman–Crippen LogP) is 0.997. The molecule has 0 aromatic heterocycles. The molecule has 0 aromatic carbocycles. The second-order valence-electron chi connectivity index (χ2n) is 4.96. The molecule has 0 saturated heterocycles. The van der Waals surface area contributed by atoms with Crippen LogP contribution in [0.4, 0.5) is 0 Å². The zero-order valence-electron chi connectivity index (χ0n) is 10.6. The first-order valence-electron chi connectivity index (χ1n) is 6.05. The van der Waals surface area contributed by atoms with Gasteiger partial charge in [-0.15, -0.1) is 0 Å². The van der Waals surface area contributed by atoms with E-state index in [2.05, 4.69) is 0 Å². The van der Waals surface area contributed by atoms with E-state index in [1.807, 2.05) is 18.9 Å². The summed E-state index contributed by atoms with van der Waals surface area (Å²) in [5, 5.41) is 0. The monoisotopic (exact) mass is 228 g/mol. The molecule has 0 aromatic rings. The average molecular weight is 228 g/mol. The van der Waals surface area contributed by atoms with E-state index >= 15 is 0 Å². The van der Waals surface area contributed by atoms with Crippen molar-refractivity contribution in [1.82, 2.24) is 4.90 Å². The highest BCUT2D eigenvalue weighted by atomic mass is 16.5. The van der Waals surface area contributed by atoms with Gasteiger partial charge in [0.15, 0.2) is 0 Å². The lowest BCUT2D eigenvalue weighted by atomic mass is 9.80. The van der Waals surface area contributed by atoms with Crippen LogP contribution in [0.2, 0.25) is 0 Å². The SMILES string of the molecule is COC(C)CCC(=O)N(C)CC1CC(N)C1. The molecule has 1 aliphatic carbocycles. The molecule has 0 radical (unpaired) electrons. The van der Waals surface area contributed by atoms with E-state index in [1.54, 1.807) is 7.11 Å². The zero-order valence-corrected chi connectivity index (χ0v) is 10.6. The van der Waals surface area contributed by atoms with Crippen molar-refractivity contribution in [3.8, 4) is 0 Å². The number of amides is 1. The highest BCUT2D eigenvalue weighted by molar-refractivity contribution is 5.75. The van der Waals surface area contributed by atoms with Crippen molar-refractivity contribution in [2.75, 3.05) is 20.7 Å². The van der Waals surface area contributed by atoms with E-state index in [0.29, 0.717) is 18.4 Å². The second-order valence-corrected chi connectivity index (χ2v) is 4.96. The number of methoxy groups -OCH3 is 1. The fourth-order valence-electron chi connectivity index (χ4n) is 2.06. The summed E-state index contributed by atoms with van der Waals surface area (Å²) in [6.07, 6.45) is 3.65. The largest absolute Gasteiger partial charge is 0.382 e. The number of ether oxygens (including phenoxy) is 1. The molecule has 2 N–H and O–H groups in total. The van der Waals surface area contributed by atoms with Crippen LogP contribution in [0.1, 0.15) is 32.6 Å². The Morgan fingerprint density at radius 2 is 2.19 bits per heavy atom. The molecule has 1 amide bonds. The molecule has 1 atom stereocenters. The third-order valence-electron chi connectivity index (χ3n) is 3.40. The van der Waals surface area contributed by atoms with Gasteiger partial charge >= 0.3 is 0 Å². The topological polar surface area (TPSA) is 55.6 Å². The zero-order chi connectivity index (χ0) is 12.1. The smallest absolute Gasteiger partial charge is 0.222 e. The molecule has 1 aliphatic rings. The summed E-state index contributed by atoms with van der Waals surface area (Å²) in [7, 11) is 3.55. The van der Waals surface area contributed by atoms with Crippen LogP contribution < -0.4 is 5.73 Å². The normalized spacial score (nSPS) is 26.0. The maximum absolute atomic E-state index is 11.8. The standard InChI is InChI=1S/C12H24N2O2/c1-9(16-3)4-5-12(15)14(2)8-10-6-11(13)7-10/h9-11H,4-8,13H2,1-3H3.